The molecule has 1 aromatic heterocycles. The zero-order chi connectivity index (χ0) is 20.2. The van der Waals surface area contributed by atoms with Crippen molar-refractivity contribution in [2.45, 2.75) is 6.54 Å². The first kappa shape index (κ1) is 19.2. The minimum Gasteiger partial charge on any atom is -0.345 e. The standard InChI is InChI=1S/C22H16Cl2N4O/c23-17-9-11-19(12-10-17)28-21(16-7-4-8-18(24)13-16)26-20(27-28)22(29)25-14-15-5-2-1-3-6-15/h1-13H,14H2,(H,25,29). The summed E-state index contributed by atoms with van der Waals surface area (Å²) in [6, 6.07) is 24.1. The fraction of sp³-hybridized carbons (Fsp3) is 0.0455. The Labute approximate surface area is 177 Å². The average Bonchev–Trinajstić information content (AvgIpc) is 3.19. The number of nitrogens with zero attached hydrogens (tertiary/aromatic N) is 3. The molecule has 3 aromatic carbocycles. The molecule has 0 fully saturated rings. The van der Waals surface area contributed by atoms with Gasteiger partial charge in [-0.1, -0.05) is 65.7 Å². The van der Waals surface area contributed by atoms with Crippen molar-refractivity contribution >= 4 is 29.1 Å². The lowest BCUT2D eigenvalue weighted by molar-refractivity contribution is 0.0940. The van der Waals surface area contributed by atoms with Gasteiger partial charge >= 0.3 is 0 Å². The third kappa shape index (κ3) is 4.47. The predicted molar refractivity (Wildman–Crippen MR) is 114 cm³/mol. The van der Waals surface area contributed by atoms with Crippen LogP contribution in [0, 0.1) is 0 Å². The summed E-state index contributed by atoms with van der Waals surface area (Å²) in [6.07, 6.45) is 0. The summed E-state index contributed by atoms with van der Waals surface area (Å²) in [5.74, 6) is 0.232. The highest BCUT2D eigenvalue weighted by Crippen LogP contribution is 2.24. The van der Waals surface area contributed by atoms with Crippen LogP contribution in [0.5, 0.6) is 0 Å². The zero-order valence-corrected chi connectivity index (χ0v) is 16.7. The molecule has 5 nitrogen and oxygen atoms in total. The third-order valence-electron chi connectivity index (χ3n) is 4.26. The van der Waals surface area contributed by atoms with E-state index in [2.05, 4.69) is 15.4 Å². The first-order valence-corrected chi connectivity index (χ1v) is 9.67. The Bertz CT molecular complexity index is 1140. The maximum atomic E-state index is 12.7. The fourth-order valence-electron chi connectivity index (χ4n) is 2.84. The van der Waals surface area contributed by atoms with Crippen LogP contribution in [0.1, 0.15) is 16.2 Å². The van der Waals surface area contributed by atoms with Gasteiger partial charge in [-0.05, 0) is 42.0 Å². The number of carbonyl (C=O) groups excluding carboxylic acids is 1. The van der Waals surface area contributed by atoms with Gasteiger partial charge in [-0.25, -0.2) is 9.67 Å². The molecular weight excluding hydrogens is 407 g/mol. The molecule has 0 radical (unpaired) electrons. The highest BCUT2D eigenvalue weighted by atomic mass is 35.5. The average molecular weight is 423 g/mol. The van der Waals surface area contributed by atoms with Gasteiger partial charge < -0.3 is 5.32 Å². The number of halogens is 2. The number of hydrogen-bond acceptors (Lipinski definition) is 3. The fourth-order valence-corrected chi connectivity index (χ4v) is 3.16. The van der Waals surface area contributed by atoms with Gasteiger partial charge in [0.25, 0.3) is 5.91 Å². The Hall–Kier alpha value is -3.15. The molecule has 0 aliphatic carbocycles. The molecule has 4 rings (SSSR count). The van der Waals surface area contributed by atoms with E-state index in [1.54, 1.807) is 28.9 Å². The van der Waals surface area contributed by atoms with E-state index in [-0.39, 0.29) is 11.7 Å². The van der Waals surface area contributed by atoms with Crippen LogP contribution in [-0.4, -0.2) is 20.7 Å². The molecule has 0 atom stereocenters. The molecule has 1 heterocycles. The summed E-state index contributed by atoms with van der Waals surface area (Å²) in [4.78, 5) is 17.2. The van der Waals surface area contributed by atoms with Crippen LogP contribution in [0.15, 0.2) is 78.9 Å². The van der Waals surface area contributed by atoms with Crippen molar-refractivity contribution in [3.05, 3.63) is 100 Å². The highest BCUT2D eigenvalue weighted by molar-refractivity contribution is 6.31. The molecule has 0 bridgehead atoms. The molecule has 0 saturated carbocycles. The van der Waals surface area contributed by atoms with Gasteiger partial charge in [0.2, 0.25) is 5.82 Å². The van der Waals surface area contributed by atoms with Crippen LogP contribution in [0.25, 0.3) is 17.1 Å². The molecule has 1 N–H and O–H groups in total. The van der Waals surface area contributed by atoms with Crippen molar-refractivity contribution in [2.24, 2.45) is 0 Å². The first-order chi connectivity index (χ1) is 14.1. The molecule has 144 valence electrons. The van der Waals surface area contributed by atoms with Gasteiger partial charge in [-0.3, -0.25) is 4.79 Å². The van der Waals surface area contributed by atoms with Crippen LogP contribution < -0.4 is 5.32 Å². The van der Waals surface area contributed by atoms with E-state index >= 15 is 0 Å². The first-order valence-electron chi connectivity index (χ1n) is 8.91. The molecule has 1 amide bonds. The second kappa shape index (κ2) is 8.47. The summed E-state index contributed by atoms with van der Waals surface area (Å²) >= 11 is 12.2. The smallest absolute Gasteiger partial charge is 0.291 e. The van der Waals surface area contributed by atoms with E-state index < -0.39 is 0 Å². The van der Waals surface area contributed by atoms with Gasteiger partial charge in [0.1, 0.15) is 0 Å². The second-order valence-electron chi connectivity index (χ2n) is 6.33. The lowest BCUT2D eigenvalue weighted by Crippen LogP contribution is -2.24. The number of aromatic nitrogens is 3. The normalized spacial score (nSPS) is 10.7. The predicted octanol–water partition coefficient (Wildman–Crippen LogP) is 5.17. The summed E-state index contributed by atoms with van der Waals surface area (Å²) in [5.41, 5.74) is 2.48. The van der Waals surface area contributed by atoms with Crippen molar-refractivity contribution in [3.8, 4) is 17.1 Å². The largest absolute Gasteiger partial charge is 0.345 e. The number of nitrogens with one attached hydrogen (secondary N) is 1. The Morgan fingerprint density at radius 2 is 1.66 bits per heavy atom. The minimum atomic E-state index is -0.357. The number of amides is 1. The van der Waals surface area contributed by atoms with Crippen LogP contribution in [0.4, 0.5) is 0 Å². The number of hydrogen-bond donors (Lipinski definition) is 1. The van der Waals surface area contributed by atoms with Crippen molar-refractivity contribution in [1.29, 1.82) is 0 Å². The van der Waals surface area contributed by atoms with Gasteiger partial charge in [0, 0.05) is 22.2 Å². The maximum absolute atomic E-state index is 12.7. The van der Waals surface area contributed by atoms with E-state index in [0.29, 0.717) is 22.4 Å². The summed E-state index contributed by atoms with van der Waals surface area (Å²) < 4.78 is 1.61. The van der Waals surface area contributed by atoms with E-state index in [1.807, 2.05) is 54.6 Å². The molecule has 0 aliphatic heterocycles. The van der Waals surface area contributed by atoms with E-state index in [1.165, 1.54) is 0 Å². The van der Waals surface area contributed by atoms with Gasteiger partial charge in [0.15, 0.2) is 5.82 Å². The minimum absolute atomic E-state index is 0.0749. The number of carbonyl (C=O) groups is 1. The van der Waals surface area contributed by atoms with Crippen molar-refractivity contribution in [1.82, 2.24) is 20.1 Å². The van der Waals surface area contributed by atoms with E-state index in [4.69, 9.17) is 23.2 Å². The SMILES string of the molecule is O=C(NCc1ccccc1)c1nc(-c2cccc(Cl)c2)n(-c2ccc(Cl)cc2)n1. The van der Waals surface area contributed by atoms with Crippen molar-refractivity contribution in [3.63, 3.8) is 0 Å². The summed E-state index contributed by atoms with van der Waals surface area (Å²) in [7, 11) is 0. The Balaban J connectivity index is 1.69. The molecular formula is C22H16Cl2N4O. The van der Waals surface area contributed by atoms with Crippen LogP contribution in [0.3, 0.4) is 0 Å². The van der Waals surface area contributed by atoms with Crippen LogP contribution >= 0.6 is 23.2 Å². The topological polar surface area (TPSA) is 59.8 Å². The molecule has 29 heavy (non-hydrogen) atoms. The zero-order valence-electron chi connectivity index (χ0n) is 15.2. The molecule has 0 unspecified atom stereocenters. The van der Waals surface area contributed by atoms with Crippen LogP contribution in [-0.2, 0) is 6.54 Å². The lowest BCUT2D eigenvalue weighted by atomic mass is 10.2. The van der Waals surface area contributed by atoms with Gasteiger partial charge in [-0.15, -0.1) is 5.10 Å². The Morgan fingerprint density at radius 1 is 0.897 bits per heavy atom. The summed E-state index contributed by atoms with van der Waals surface area (Å²) in [6.45, 7) is 0.391. The van der Waals surface area contributed by atoms with Gasteiger partial charge in [0.05, 0.1) is 5.69 Å². The van der Waals surface area contributed by atoms with Crippen LogP contribution in [0.2, 0.25) is 10.0 Å². The lowest BCUT2D eigenvalue weighted by Gasteiger charge is -2.06. The highest BCUT2D eigenvalue weighted by Gasteiger charge is 2.19. The number of benzene rings is 3. The van der Waals surface area contributed by atoms with Crippen molar-refractivity contribution in [2.75, 3.05) is 0 Å². The molecule has 4 aromatic rings. The van der Waals surface area contributed by atoms with Gasteiger partial charge in [-0.2, -0.15) is 0 Å². The Kier molecular flexibility index (Phi) is 5.60. The molecule has 0 aliphatic rings. The van der Waals surface area contributed by atoms with E-state index in [0.717, 1.165) is 16.8 Å². The van der Waals surface area contributed by atoms with E-state index in [9.17, 15) is 4.79 Å². The van der Waals surface area contributed by atoms with Crippen molar-refractivity contribution < 1.29 is 4.79 Å². The molecule has 7 heteroatoms. The molecule has 0 saturated heterocycles. The second-order valence-corrected chi connectivity index (χ2v) is 7.20. The monoisotopic (exact) mass is 422 g/mol. The third-order valence-corrected chi connectivity index (χ3v) is 4.75. The maximum Gasteiger partial charge on any atom is 0.291 e. The molecule has 0 spiro atoms. The Morgan fingerprint density at radius 3 is 2.38 bits per heavy atom. The number of rotatable bonds is 5. The summed E-state index contributed by atoms with van der Waals surface area (Å²) in [5, 5.41) is 8.47. The quantitative estimate of drug-likeness (QED) is 0.482.